The molecule has 0 saturated heterocycles. The lowest BCUT2D eigenvalue weighted by Crippen LogP contribution is -2.05. The Hall–Kier alpha value is -0.470. The number of nitrogens with two attached hydrogens (primary N) is 1. The summed E-state index contributed by atoms with van der Waals surface area (Å²) < 4.78 is 0. The summed E-state index contributed by atoms with van der Waals surface area (Å²) in [7, 11) is 0. The van der Waals surface area contributed by atoms with Crippen molar-refractivity contribution < 1.29 is 0 Å². The van der Waals surface area contributed by atoms with Gasteiger partial charge in [-0.3, -0.25) is 0 Å². The van der Waals surface area contributed by atoms with E-state index < -0.39 is 0 Å². The summed E-state index contributed by atoms with van der Waals surface area (Å²) in [6, 6.07) is 8.72. The van der Waals surface area contributed by atoms with Crippen LogP contribution in [0.2, 0.25) is 0 Å². The minimum absolute atomic E-state index is 0.132. The highest BCUT2D eigenvalue weighted by molar-refractivity contribution is 8.00. The molecule has 0 aromatic heterocycles. The summed E-state index contributed by atoms with van der Waals surface area (Å²) in [4.78, 5) is 1.35. The van der Waals surface area contributed by atoms with Gasteiger partial charge in [0.1, 0.15) is 0 Å². The van der Waals surface area contributed by atoms with Crippen LogP contribution in [0.5, 0.6) is 0 Å². The summed E-state index contributed by atoms with van der Waals surface area (Å²) >= 11 is 1.96. The maximum absolute atomic E-state index is 5.87. The smallest absolute Gasteiger partial charge is 0.0266 e. The van der Waals surface area contributed by atoms with E-state index >= 15 is 0 Å². The molecular weight excluding hydrogens is 202 g/mol. The number of thioether (sulfide) groups is 1. The van der Waals surface area contributed by atoms with E-state index in [1.165, 1.54) is 23.3 Å². The first-order chi connectivity index (χ1) is 7.17. The lowest BCUT2D eigenvalue weighted by molar-refractivity contribution is 0.790. The molecule has 1 rings (SSSR count). The van der Waals surface area contributed by atoms with Crippen molar-refractivity contribution >= 4 is 11.8 Å². The standard InChI is InChI=1S/C13H21NS/c1-4-12(5-2)15-13-8-6-7-11(9-13)10(3)14/h6-10,12H,4-5,14H2,1-3H3. The van der Waals surface area contributed by atoms with Crippen LogP contribution in [-0.2, 0) is 0 Å². The first-order valence-electron chi connectivity index (χ1n) is 5.69. The van der Waals surface area contributed by atoms with Gasteiger partial charge >= 0.3 is 0 Å². The van der Waals surface area contributed by atoms with Gasteiger partial charge in [-0.25, -0.2) is 0 Å². The van der Waals surface area contributed by atoms with Crippen LogP contribution in [0.1, 0.15) is 45.2 Å². The Morgan fingerprint density at radius 3 is 2.47 bits per heavy atom. The van der Waals surface area contributed by atoms with Gasteiger partial charge in [-0.05, 0) is 37.5 Å². The molecule has 1 atom stereocenters. The molecule has 1 aromatic rings. The van der Waals surface area contributed by atoms with Gasteiger partial charge in [0.05, 0.1) is 0 Å². The van der Waals surface area contributed by atoms with Crippen LogP contribution < -0.4 is 5.73 Å². The molecule has 1 nitrogen and oxygen atoms in total. The van der Waals surface area contributed by atoms with E-state index in [9.17, 15) is 0 Å². The van der Waals surface area contributed by atoms with E-state index in [0.29, 0.717) is 0 Å². The highest BCUT2D eigenvalue weighted by Crippen LogP contribution is 2.28. The summed E-state index contributed by atoms with van der Waals surface area (Å²) in [6.45, 7) is 6.52. The predicted octanol–water partition coefficient (Wildman–Crippen LogP) is 3.99. The van der Waals surface area contributed by atoms with E-state index in [-0.39, 0.29) is 6.04 Å². The maximum Gasteiger partial charge on any atom is 0.0266 e. The van der Waals surface area contributed by atoms with E-state index in [4.69, 9.17) is 5.73 Å². The van der Waals surface area contributed by atoms with Gasteiger partial charge in [0.2, 0.25) is 0 Å². The molecule has 0 radical (unpaired) electrons. The van der Waals surface area contributed by atoms with Gasteiger partial charge in [0.25, 0.3) is 0 Å². The highest BCUT2D eigenvalue weighted by atomic mass is 32.2. The average molecular weight is 223 g/mol. The fourth-order valence-electron chi connectivity index (χ4n) is 1.52. The maximum atomic E-state index is 5.87. The van der Waals surface area contributed by atoms with Gasteiger partial charge in [0, 0.05) is 16.2 Å². The van der Waals surface area contributed by atoms with Crippen LogP contribution in [-0.4, -0.2) is 5.25 Å². The number of rotatable bonds is 5. The third-order valence-electron chi connectivity index (χ3n) is 2.60. The van der Waals surface area contributed by atoms with E-state index in [2.05, 4.69) is 38.1 Å². The van der Waals surface area contributed by atoms with E-state index in [0.717, 1.165) is 5.25 Å². The van der Waals surface area contributed by atoms with E-state index in [1.54, 1.807) is 0 Å². The third-order valence-corrected chi connectivity index (χ3v) is 4.12. The molecule has 0 amide bonds. The van der Waals surface area contributed by atoms with Crippen LogP contribution in [0.15, 0.2) is 29.2 Å². The van der Waals surface area contributed by atoms with Crippen molar-refractivity contribution in [3.05, 3.63) is 29.8 Å². The van der Waals surface area contributed by atoms with Crippen molar-refractivity contribution in [3.63, 3.8) is 0 Å². The minimum Gasteiger partial charge on any atom is -0.324 e. The van der Waals surface area contributed by atoms with Crippen LogP contribution >= 0.6 is 11.8 Å². The molecule has 2 heteroatoms. The lowest BCUT2D eigenvalue weighted by Gasteiger charge is -2.13. The summed E-state index contributed by atoms with van der Waals surface area (Å²) in [5.74, 6) is 0. The van der Waals surface area contributed by atoms with Crippen molar-refractivity contribution in [2.24, 2.45) is 5.73 Å². The summed E-state index contributed by atoms with van der Waals surface area (Å²) in [5, 5.41) is 0.730. The fourth-order valence-corrected chi connectivity index (χ4v) is 2.60. The molecule has 0 saturated carbocycles. The molecule has 15 heavy (non-hydrogen) atoms. The highest BCUT2D eigenvalue weighted by Gasteiger charge is 2.06. The summed E-state index contributed by atoms with van der Waals surface area (Å²) in [6.07, 6.45) is 2.45. The largest absolute Gasteiger partial charge is 0.324 e. The minimum atomic E-state index is 0.132. The van der Waals surface area contributed by atoms with Gasteiger partial charge < -0.3 is 5.73 Å². The number of benzene rings is 1. The molecule has 84 valence electrons. The van der Waals surface area contributed by atoms with Gasteiger partial charge in [-0.15, -0.1) is 11.8 Å². The molecule has 0 aliphatic rings. The van der Waals surface area contributed by atoms with Gasteiger partial charge in [-0.1, -0.05) is 26.0 Å². The second kappa shape index (κ2) is 6.19. The molecule has 1 aromatic carbocycles. The van der Waals surface area contributed by atoms with Gasteiger partial charge in [0.15, 0.2) is 0 Å². The molecule has 0 heterocycles. The first kappa shape index (κ1) is 12.6. The lowest BCUT2D eigenvalue weighted by atomic mass is 10.1. The molecule has 0 aliphatic heterocycles. The fraction of sp³-hybridized carbons (Fsp3) is 0.538. The predicted molar refractivity (Wildman–Crippen MR) is 69.3 cm³/mol. The van der Waals surface area contributed by atoms with Crippen LogP contribution in [0.25, 0.3) is 0 Å². The van der Waals surface area contributed by atoms with Crippen LogP contribution in [0.4, 0.5) is 0 Å². The molecule has 0 bridgehead atoms. The molecule has 0 spiro atoms. The Kier molecular flexibility index (Phi) is 5.20. The Balaban J connectivity index is 2.72. The van der Waals surface area contributed by atoms with Crippen molar-refractivity contribution in [2.45, 2.75) is 49.8 Å². The van der Waals surface area contributed by atoms with Crippen molar-refractivity contribution in [1.29, 1.82) is 0 Å². The number of hydrogen-bond donors (Lipinski definition) is 1. The average Bonchev–Trinajstić information content (AvgIpc) is 2.26. The normalized spacial score (nSPS) is 13.1. The third kappa shape index (κ3) is 3.88. The van der Waals surface area contributed by atoms with Crippen LogP contribution in [0.3, 0.4) is 0 Å². The first-order valence-corrected chi connectivity index (χ1v) is 6.57. The SMILES string of the molecule is CCC(CC)Sc1cccc(C(C)N)c1. The molecular formula is C13H21NS. The Morgan fingerprint density at radius 2 is 1.93 bits per heavy atom. The zero-order valence-corrected chi connectivity index (χ0v) is 10.7. The quantitative estimate of drug-likeness (QED) is 0.764. The zero-order valence-electron chi connectivity index (χ0n) is 9.86. The molecule has 2 N–H and O–H groups in total. The van der Waals surface area contributed by atoms with E-state index in [1.807, 2.05) is 18.7 Å². The second-order valence-corrected chi connectivity index (χ2v) is 5.29. The molecule has 0 aliphatic carbocycles. The van der Waals surface area contributed by atoms with Crippen molar-refractivity contribution in [2.75, 3.05) is 0 Å². The monoisotopic (exact) mass is 223 g/mol. The van der Waals surface area contributed by atoms with Gasteiger partial charge in [-0.2, -0.15) is 0 Å². The van der Waals surface area contributed by atoms with Crippen molar-refractivity contribution in [1.82, 2.24) is 0 Å². The Morgan fingerprint density at radius 1 is 1.27 bits per heavy atom. The molecule has 1 unspecified atom stereocenters. The number of hydrogen-bond acceptors (Lipinski definition) is 2. The van der Waals surface area contributed by atoms with Crippen molar-refractivity contribution in [3.8, 4) is 0 Å². The summed E-state index contributed by atoms with van der Waals surface area (Å²) in [5.41, 5.74) is 7.10. The zero-order chi connectivity index (χ0) is 11.3. The Labute approximate surface area is 97.4 Å². The Bertz CT molecular complexity index is 292. The molecule has 0 fully saturated rings. The topological polar surface area (TPSA) is 26.0 Å². The van der Waals surface area contributed by atoms with Crippen LogP contribution in [0, 0.1) is 0 Å². The second-order valence-electron chi connectivity index (χ2n) is 3.92.